The van der Waals surface area contributed by atoms with Crippen LogP contribution in [0.3, 0.4) is 0 Å². The Bertz CT molecular complexity index is 555. The number of halogens is 1. The lowest BCUT2D eigenvalue weighted by Gasteiger charge is -2.20. The van der Waals surface area contributed by atoms with Crippen LogP contribution in [0.5, 0.6) is 0 Å². The van der Waals surface area contributed by atoms with Crippen molar-refractivity contribution in [1.82, 2.24) is 4.31 Å². The Balaban J connectivity index is 3.18. The van der Waals surface area contributed by atoms with Crippen molar-refractivity contribution in [2.24, 2.45) is 0 Å². The third-order valence-electron chi connectivity index (χ3n) is 2.41. The van der Waals surface area contributed by atoms with E-state index in [-0.39, 0.29) is 17.1 Å². The molecule has 4 nitrogen and oxygen atoms in total. The molecule has 0 heterocycles. The van der Waals surface area contributed by atoms with Crippen LogP contribution >= 0.6 is 0 Å². The zero-order valence-electron chi connectivity index (χ0n) is 10.5. The van der Waals surface area contributed by atoms with Crippen molar-refractivity contribution in [3.63, 3.8) is 0 Å². The van der Waals surface area contributed by atoms with Gasteiger partial charge in [-0.25, -0.2) is 12.8 Å². The summed E-state index contributed by atoms with van der Waals surface area (Å²) in [5.74, 6) is -0.734. The van der Waals surface area contributed by atoms with Gasteiger partial charge in [0, 0.05) is 13.1 Å². The summed E-state index contributed by atoms with van der Waals surface area (Å²) in [5, 5.41) is 0. The predicted octanol–water partition coefficient (Wildman–Crippen LogP) is 1.99. The first kappa shape index (κ1) is 14.7. The molecular weight excluding hydrogens is 255 g/mol. The zero-order valence-corrected chi connectivity index (χ0v) is 11.3. The van der Waals surface area contributed by atoms with Crippen molar-refractivity contribution in [3.05, 3.63) is 36.2 Å². The summed E-state index contributed by atoms with van der Waals surface area (Å²) in [6.45, 7) is 7.64. The lowest BCUT2D eigenvalue weighted by molar-refractivity contribution is 0.452. The molecule has 18 heavy (non-hydrogen) atoms. The first-order valence-electron chi connectivity index (χ1n) is 5.48. The average molecular weight is 272 g/mol. The van der Waals surface area contributed by atoms with Crippen molar-refractivity contribution >= 4 is 15.7 Å². The molecule has 0 aliphatic carbocycles. The van der Waals surface area contributed by atoms with E-state index in [1.807, 2.05) is 0 Å². The molecule has 0 amide bonds. The molecule has 1 aromatic carbocycles. The third kappa shape index (κ3) is 3.08. The number of anilines is 1. The molecule has 0 fully saturated rings. The molecular formula is C12H17FN2O2S. The summed E-state index contributed by atoms with van der Waals surface area (Å²) in [5.41, 5.74) is 5.97. The lowest BCUT2D eigenvalue weighted by Crippen LogP contribution is -2.32. The first-order valence-corrected chi connectivity index (χ1v) is 6.92. The SMILES string of the molecule is C=C(C)CN(CC)S(=O)(=O)c1ccc(N)c(F)c1. The van der Waals surface area contributed by atoms with Crippen molar-refractivity contribution in [2.45, 2.75) is 18.7 Å². The van der Waals surface area contributed by atoms with Crippen molar-refractivity contribution < 1.29 is 12.8 Å². The Morgan fingerprint density at radius 2 is 2.11 bits per heavy atom. The average Bonchev–Trinajstić information content (AvgIpc) is 2.28. The second-order valence-corrected chi connectivity index (χ2v) is 6.01. The van der Waals surface area contributed by atoms with Gasteiger partial charge in [-0.1, -0.05) is 19.1 Å². The van der Waals surface area contributed by atoms with E-state index in [0.29, 0.717) is 6.54 Å². The molecule has 2 N–H and O–H groups in total. The van der Waals surface area contributed by atoms with Crippen LogP contribution in [0.4, 0.5) is 10.1 Å². The van der Waals surface area contributed by atoms with Crippen LogP contribution in [0.1, 0.15) is 13.8 Å². The molecule has 0 aliphatic rings. The lowest BCUT2D eigenvalue weighted by atomic mass is 10.3. The van der Waals surface area contributed by atoms with Gasteiger partial charge in [0.05, 0.1) is 10.6 Å². The van der Waals surface area contributed by atoms with Crippen LogP contribution in [0.2, 0.25) is 0 Å². The van der Waals surface area contributed by atoms with E-state index in [9.17, 15) is 12.8 Å². The fraction of sp³-hybridized carbons (Fsp3) is 0.333. The van der Waals surface area contributed by atoms with Crippen LogP contribution in [0.25, 0.3) is 0 Å². The summed E-state index contributed by atoms with van der Waals surface area (Å²) in [4.78, 5) is -0.0997. The summed E-state index contributed by atoms with van der Waals surface area (Å²) < 4.78 is 39.0. The van der Waals surface area contributed by atoms with E-state index >= 15 is 0 Å². The molecule has 1 rings (SSSR count). The smallest absolute Gasteiger partial charge is 0.243 e. The van der Waals surface area contributed by atoms with Crippen molar-refractivity contribution in [1.29, 1.82) is 0 Å². The number of nitrogens with two attached hydrogens (primary N) is 1. The molecule has 0 aliphatic heterocycles. The van der Waals surface area contributed by atoms with Gasteiger partial charge in [0.25, 0.3) is 0 Å². The molecule has 0 radical (unpaired) electrons. The highest BCUT2D eigenvalue weighted by Crippen LogP contribution is 2.20. The molecule has 0 aromatic heterocycles. The monoisotopic (exact) mass is 272 g/mol. The maximum Gasteiger partial charge on any atom is 0.243 e. The summed E-state index contributed by atoms with van der Waals surface area (Å²) in [7, 11) is -3.71. The Hall–Kier alpha value is -1.40. The van der Waals surface area contributed by atoms with Crippen LogP contribution in [-0.4, -0.2) is 25.8 Å². The van der Waals surface area contributed by atoms with Gasteiger partial charge in [-0.05, 0) is 25.1 Å². The fourth-order valence-corrected chi connectivity index (χ4v) is 3.01. The minimum atomic E-state index is -3.71. The summed E-state index contributed by atoms with van der Waals surface area (Å²) in [6.07, 6.45) is 0. The van der Waals surface area contributed by atoms with Crippen LogP contribution in [0.15, 0.2) is 35.2 Å². The number of nitrogens with zero attached hydrogens (tertiary/aromatic N) is 1. The largest absolute Gasteiger partial charge is 0.396 e. The zero-order chi connectivity index (χ0) is 13.9. The molecule has 1 aromatic rings. The van der Waals surface area contributed by atoms with E-state index in [1.165, 1.54) is 16.4 Å². The predicted molar refractivity (Wildman–Crippen MR) is 70.1 cm³/mol. The van der Waals surface area contributed by atoms with Gasteiger partial charge in [-0.15, -0.1) is 0 Å². The summed E-state index contributed by atoms with van der Waals surface area (Å²) >= 11 is 0. The van der Waals surface area contributed by atoms with E-state index in [2.05, 4.69) is 6.58 Å². The van der Waals surface area contributed by atoms with E-state index in [0.717, 1.165) is 11.6 Å². The van der Waals surface area contributed by atoms with Crippen LogP contribution in [-0.2, 0) is 10.0 Å². The second kappa shape index (κ2) is 5.49. The third-order valence-corrected chi connectivity index (χ3v) is 4.33. The maximum atomic E-state index is 13.3. The highest BCUT2D eigenvalue weighted by molar-refractivity contribution is 7.89. The van der Waals surface area contributed by atoms with Gasteiger partial charge >= 0.3 is 0 Å². The highest BCUT2D eigenvalue weighted by atomic mass is 32.2. The number of nitrogen functional groups attached to an aromatic ring is 1. The van der Waals surface area contributed by atoms with Gasteiger partial charge < -0.3 is 5.73 Å². The van der Waals surface area contributed by atoms with Crippen molar-refractivity contribution in [3.8, 4) is 0 Å². The minimum absolute atomic E-state index is 0.0723. The van der Waals surface area contributed by atoms with Gasteiger partial charge in [0.2, 0.25) is 10.0 Å². The van der Waals surface area contributed by atoms with E-state index < -0.39 is 15.8 Å². The Labute approximate surface area is 107 Å². The number of rotatable bonds is 5. The van der Waals surface area contributed by atoms with Crippen LogP contribution in [0, 0.1) is 5.82 Å². The van der Waals surface area contributed by atoms with Gasteiger partial charge in [0.1, 0.15) is 5.82 Å². The summed E-state index contributed by atoms with van der Waals surface area (Å²) in [6, 6.07) is 3.48. The van der Waals surface area contributed by atoms with Crippen molar-refractivity contribution in [2.75, 3.05) is 18.8 Å². The Morgan fingerprint density at radius 3 is 2.56 bits per heavy atom. The topological polar surface area (TPSA) is 63.4 Å². The number of sulfonamides is 1. The Kier molecular flexibility index (Phi) is 4.48. The first-order chi connectivity index (χ1) is 8.28. The second-order valence-electron chi connectivity index (χ2n) is 4.07. The number of likely N-dealkylation sites (N-methyl/N-ethyl adjacent to an activating group) is 1. The fourth-order valence-electron chi connectivity index (χ4n) is 1.49. The molecule has 0 bridgehead atoms. The van der Waals surface area contributed by atoms with Crippen LogP contribution < -0.4 is 5.73 Å². The highest BCUT2D eigenvalue weighted by Gasteiger charge is 2.23. The molecule has 0 spiro atoms. The van der Waals surface area contributed by atoms with Gasteiger partial charge in [-0.3, -0.25) is 0 Å². The molecule has 0 saturated heterocycles. The molecule has 6 heteroatoms. The van der Waals surface area contributed by atoms with E-state index in [4.69, 9.17) is 5.73 Å². The molecule has 0 atom stereocenters. The van der Waals surface area contributed by atoms with Gasteiger partial charge in [0.15, 0.2) is 0 Å². The van der Waals surface area contributed by atoms with E-state index in [1.54, 1.807) is 13.8 Å². The Morgan fingerprint density at radius 1 is 1.50 bits per heavy atom. The van der Waals surface area contributed by atoms with Gasteiger partial charge in [-0.2, -0.15) is 4.31 Å². The number of hydrogen-bond donors (Lipinski definition) is 1. The number of hydrogen-bond acceptors (Lipinski definition) is 3. The normalized spacial score (nSPS) is 11.8. The quantitative estimate of drug-likeness (QED) is 0.658. The minimum Gasteiger partial charge on any atom is -0.396 e. The number of benzene rings is 1. The molecule has 100 valence electrons. The maximum absolute atomic E-state index is 13.3. The molecule has 0 unspecified atom stereocenters. The molecule has 0 saturated carbocycles. The standard InChI is InChI=1S/C12H17FN2O2S/c1-4-15(8-9(2)3)18(16,17)10-5-6-12(14)11(13)7-10/h5-7H,2,4,8,14H2,1,3H3.